The van der Waals surface area contributed by atoms with E-state index in [-0.39, 0.29) is 11.1 Å². The molecule has 1 saturated heterocycles. The zero-order valence-electron chi connectivity index (χ0n) is 20.3. The van der Waals surface area contributed by atoms with Crippen molar-refractivity contribution < 1.29 is 14.3 Å². The fraction of sp³-hybridized carbons (Fsp3) is 0.200. The molecule has 0 radical (unpaired) electrons. The Labute approximate surface area is 225 Å². The molecule has 2 amide bonds. The molecular weight excluding hydrogens is 504 g/mol. The maximum absolute atomic E-state index is 13.1. The molecule has 0 saturated carbocycles. The summed E-state index contributed by atoms with van der Waals surface area (Å²) in [4.78, 5) is 27.5. The molecule has 1 aromatic heterocycles. The summed E-state index contributed by atoms with van der Waals surface area (Å²) >= 11 is 7.20. The van der Waals surface area contributed by atoms with Crippen molar-refractivity contribution >= 4 is 51.5 Å². The lowest BCUT2D eigenvalue weighted by Gasteiger charge is -2.12. The van der Waals surface area contributed by atoms with Crippen molar-refractivity contribution in [1.82, 2.24) is 9.47 Å². The van der Waals surface area contributed by atoms with Crippen molar-refractivity contribution in [1.29, 1.82) is 0 Å². The first-order chi connectivity index (χ1) is 18.1. The number of amides is 2. The van der Waals surface area contributed by atoms with Crippen LogP contribution < -0.4 is 4.74 Å². The van der Waals surface area contributed by atoms with E-state index >= 15 is 0 Å². The van der Waals surface area contributed by atoms with Crippen molar-refractivity contribution in [3.63, 3.8) is 0 Å². The second-order valence-electron chi connectivity index (χ2n) is 8.85. The minimum absolute atomic E-state index is 0.204. The van der Waals surface area contributed by atoms with Gasteiger partial charge in [0.15, 0.2) is 0 Å². The number of nitrogens with zero attached hydrogens (tertiary/aromatic N) is 2. The minimum atomic E-state index is -0.215. The van der Waals surface area contributed by atoms with E-state index in [1.54, 1.807) is 0 Å². The SMILES string of the molecule is O=C1S/C(=C\c2cn(CCCOc3ccccc3Cl)c3ccccc23)C(=O)N1CCCc1ccccc1. The molecule has 7 heteroatoms. The van der Waals surface area contributed by atoms with E-state index in [1.807, 2.05) is 72.9 Å². The van der Waals surface area contributed by atoms with Gasteiger partial charge in [-0.15, -0.1) is 0 Å². The van der Waals surface area contributed by atoms with Gasteiger partial charge >= 0.3 is 0 Å². The molecule has 5 rings (SSSR count). The van der Waals surface area contributed by atoms with Crippen LogP contribution in [0, 0.1) is 0 Å². The lowest BCUT2D eigenvalue weighted by Crippen LogP contribution is -2.29. The molecule has 5 nitrogen and oxygen atoms in total. The number of halogens is 1. The molecule has 4 aromatic rings. The first-order valence-corrected chi connectivity index (χ1v) is 13.5. The van der Waals surface area contributed by atoms with Crippen LogP contribution >= 0.6 is 23.4 Å². The van der Waals surface area contributed by atoms with Gasteiger partial charge in [0.2, 0.25) is 0 Å². The second-order valence-corrected chi connectivity index (χ2v) is 10.3. The quantitative estimate of drug-likeness (QED) is 0.158. The number of aryl methyl sites for hydroxylation is 2. The topological polar surface area (TPSA) is 51.5 Å². The van der Waals surface area contributed by atoms with Crippen molar-refractivity contribution in [2.75, 3.05) is 13.2 Å². The highest BCUT2D eigenvalue weighted by molar-refractivity contribution is 8.18. The first-order valence-electron chi connectivity index (χ1n) is 12.3. The number of rotatable bonds is 10. The molecular formula is C30H27ClN2O3S. The molecule has 0 atom stereocenters. The summed E-state index contributed by atoms with van der Waals surface area (Å²) in [5.74, 6) is 0.467. The Hall–Kier alpha value is -3.48. The highest BCUT2D eigenvalue weighted by Crippen LogP contribution is 2.34. The molecule has 3 aromatic carbocycles. The minimum Gasteiger partial charge on any atom is -0.492 e. The van der Waals surface area contributed by atoms with E-state index in [9.17, 15) is 9.59 Å². The molecule has 1 aliphatic heterocycles. The molecule has 0 bridgehead atoms. The largest absolute Gasteiger partial charge is 0.492 e. The molecule has 0 spiro atoms. The Morgan fingerprint density at radius 3 is 2.46 bits per heavy atom. The number of benzene rings is 3. The van der Waals surface area contributed by atoms with Crippen molar-refractivity contribution in [3.8, 4) is 5.75 Å². The molecule has 2 heterocycles. The van der Waals surface area contributed by atoms with E-state index in [2.05, 4.69) is 22.8 Å². The fourth-order valence-corrected chi connectivity index (χ4v) is 5.52. The van der Waals surface area contributed by atoms with Crippen LogP contribution in [0.5, 0.6) is 5.75 Å². The van der Waals surface area contributed by atoms with Crippen LogP contribution in [0.1, 0.15) is 24.0 Å². The summed E-state index contributed by atoms with van der Waals surface area (Å²) in [6.45, 7) is 1.71. The van der Waals surface area contributed by atoms with Gasteiger partial charge in [-0.05, 0) is 60.9 Å². The van der Waals surface area contributed by atoms with Crippen molar-refractivity contribution in [2.24, 2.45) is 0 Å². The van der Waals surface area contributed by atoms with Crippen LogP contribution in [-0.4, -0.2) is 33.8 Å². The van der Waals surface area contributed by atoms with E-state index in [0.717, 1.165) is 54.0 Å². The smallest absolute Gasteiger partial charge is 0.293 e. The average Bonchev–Trinajstić information content (AvgIpc) is 3.40. The summed E-state index contributed by atoms with van der Waals surface area (Å²) in [6, 6.07) is 25.7. The monoisotopic (exact) mass is 530 g/mol. The summed E-state index contributed by atoms with van der Waals surface area (Å²) in [5, 5.41) is 1.44. The molecule has 1 aliphatic rings. The van der Waals surface area contributed by atoms with E-state index in [0.29, 0.717) is 28.8 Å². The van der Waals surface area contributed by atoms with E-state index in [4.69, 9.17) is 16.3 Å². The number of fused-ring (bicyclic) bond motifs is 1. The summed E-state index contributed by atoms with van der Waals surface area (Å²) in [5.41, 5.74) is 3.21. The van der Waals surface area contributed by atoms with Crippen molar-refractivity contribution in [2.45, 2.75) is 25.8 Å². The number of para-hydroxylation sites is 2. The maximum Gasteiger partial charge on any atom is 0.293 e. The van der Waals surface area contributed by atoms with Crippen LogP contribution in [0.2, 0.25) is 5.02 Å². The molecule has 188 valence electrons. The van der Waals surface area contributed by atoms with Crippen LogP contribution in [0.4, 0.5) is 4.79 Å². The molecule has 0 N–H and O–H groups in total. The van der Waals surface area contributed by atoms with Crippen LogP contribution in [0.15, 0.2) is 90.0 Å². The number of ether oxygens (including phenoxy) is 1. The number of hydrogen-bond donors (Lipinski definition) is 0. The lowest BCUT2D eigenvalue weighted by atomic mass is 10.1. The summed E-state index contributed by atoms with van der Waals surface area (Å²) < 4.78 is 8.00. The Bertz CT molecular complexity index is 1450. The number of aromatic nitrogens is 1. The standard InChI is InChI=1S/C30H27ClN2O3S/c31-25-14-5-7-16-27(25)36-19-9-17-32-21-23(24-13-4-6-15-26(24)32)20-28-29(34)33(30(35)37-28)18-8-12-22-10-2-1-3-11-22/h1-7,10-11,13-16,20-21H,8-9,12,17-19H2/b28-20-. The van der Waals surface area contributed by atoms with Crippen molar-refractivity contribution in [3.05, 3.63) is 106 Å². The van der Waals surface area contributed by atoms with Gasteiger partial charge in [0.25, 0.3) is 11.1 Å². The number of imide groups is 1. The number of carbonyl (C=O) groups excluding carboxylic acids is 2. The molecule has 0 aliphatic carbocycles. The van der Waals surface area contributed by atoms with Gasteiger partial charge in [0, 0.05) is 35.8 Å². The second kappa shape index (κ2) is 11.7. The third-order valence-electron chi connectivity index (χ3n) is 6.31. The Morgan fingerprint density at radius 1 is 0.865 bits per heavy atom. The molecule has 0 unspecified atom stereocenters. The average molecular weight is 531 g/mol. The summed E-state index contributed by atoms with van der Waals surface area (Å²) in [6.07, 6.45) is 6.26. The van der Waals surface area contributed by atoms with E-state index in [1.165, 1.54) is 10.5 Å². The van der Waals surface area contributed by atoms with Gasteiger partial charge in [-0.3, -0.25) is 14.5 Å². The number of thioether (sulfide) groups is 1. The lowest BCUT2D eigenvalue weighted by molar-refractivity contribution is -0.122. The zero-order chi connectivity index (χ0) is 25.6. The fourth-order valence-electron chi connectivity index (χ4n) is 4.47. The Balaban J connectivity index is 1.25. The van der Waals surface area contributed by atoms with Gasteiger partial charge in [0.1, 0.15) is 5.75 Å². The van der Waals surface area contributed by atoms with Crippen LogP contribution in [0.25, 0.3) is 17.0 Å². The van der Waals surface area contributed by atoms with Gasteiger partial charge in [-0.2, -0.15) is 0 Å². The van der Waals surface area contributed by atoms with Gasteiger partial charge < -0.3 is 9.30 Å². The number of hydrogen-bond acceptors (Lipinski definition) is 4. The Kier molecular flexibility index (Phi) is 7.97. The number of carbonyl (C=O) groups is 2. The highest BCUT2D eigenvalue weighted by Gasteiger charge is 2.34. The third kappa shape index (κ3) is 5.92. The first kappa shape index (κ1) is 25.2. The van der Waals surface area contributed by atoms with Gasteiger partial charge in [-0.1, -0.05) is 72.3 Å². The van der Waals surface area contributed by atoms with Crippen LogP contribution in [-0.2, 0) is 17.8 Å². The van der Waals surface area contributed by atoms with Crippen LogP contribution in [0.3, 0.4) is 0 Å². The third-order valence-corrected chi connectivity index (χ3v) is 7.53. The predicted molar refractivity (Wildman–Crippen MR) is 151 cm³/mol. The normalized spacial score (nSPS) is 14.7. The highest BCUT2D eigenvalue weighted by atomic mass is 35.5. The van der Waals surface area contributed by atoms with E-state index < -0.39 is 0 Å². The molecule has 37 heavy (non-hydrogen) atoms. The predicted octanol–water partition coefficient (Wildman–Crippen LogP) is 7.43. The van der Waals surface area contributed by atoms with Gasteiger partial charge in [-0.25, -0.2) is 0 Å². The Morgan fingerprint density at radius 2 is 1.62 bits per heavy atom. The maximum atomic E-state index is 13.1. The zero-order valence-corrected chi connectivity index (χ0v) is 21.9. The summed E-state index contributed by atoms with van der Waals surface area (Å²) in [7, 11) is 0. The molecule has 1 fully saturated rings. The van der Waals surface area contributed by atoms with Gasteiger partial charge in [0.05, 0.1) is 16.5 Å².